The highest BCUT2D eigenvalue weighted by Crippen LogP contribution is 2.30. The van der Waals surface area contributed by atoms with Gasteiger partial charge in [0.05, 0.1) is 18.3 Å². The summed E-state index contributed by atoms with van der Waals surface area (Å²) in [7, 11) is 0. The van der Waals surface area contributed by atoms with Crippen LogP contribution in [-0.2, 0) is 12.7 Å². The zero-order valence-corrected chi connectivity index (χ0v) is 15.2. The van der Waals surface area contributed by atoms with Crippen molar-refractivity contribution in [3.05, 3.63) is 65.2 Å². The number of aromatic nitrogens is 4. The SMILES string of the molecule is Cc1nc(CNc2cc(C(F)(F)F)nc(-c3ccccn3)n2)ccc1[C@H](C)O. The first-order valence-electron chi connectivity index (χ1n) is 8.50. The molecule has 0 aromatic carbocycles. The molecule has 0 saturated carbocycles. The predicted octanol–water partition coefficient (Wildman–Crippen LogP) is 3.93. The predicted molar refractivity (Wildman–Crippen MR) is 97.2 cm³/mol. The molecule has 0 aliphatic carbocycles. The van der Waals surface area contributed by atoms with E-state index in [0.717, 1.165) is 6.07 Å². The molecular weight excluding hydrogens is 371 g/mol. The molecule has 3 heterocycles. The fourth-order valence-corrected chi connectivity index (χ4v) is 2.64. The molecule has 0 radical (unpaired) electrons. The van der Waals surface area contributed by atoms with Crippen LogP contribution >= 0.6 is 0 Å². The van der Waals surface area contributed by atoms with Crippen molar-refractivity contribution in [3.63, 3.8) is 0 Å². The molecule has 0 spiro atoms. The molecule has 146 valence electrons. The van der Waals surface area contributed by atoms with Gasteiger partial charge in [0.2, 0.25) is 0 Å². The zero-order chi connectivity index (χ0) is 20.3. The molecule has 28 heavy (non-hydrogen) atoms. The number of rotatable bonds is 5. The van der Waals surface area contributed by atoms with Crippen LogP contribution in [0.1, 0.15) is 35.7 Å². The van der Waals surface area contributed by atoms with Crippen LogP contribution in [0, 0.1) is 6.92 Å². The van der Waals surface area contributed by atoms with Crippen LogP contribution in [0.25, 0.3) is 11.5 Å². The van der Waals surface area contributed by atoms with E-state index in [1.165, 1.54) is 6.20 Å². The van der Waals surface area contributed by atoms with Gasteiger partial charge in [-0.25, -0.2) is 9.97 Å². The highest BCUT2D eigenvalue weighted by Gasteiger charge is 2.34. The van der Waals surface area contributed by atoms with Crippen molar-refractivity contribution >= 4 is 5.82 Å². The Morgan fingerprint density at radius 2 is 1.89 bits per heavy atom. The molecule has 6 nitrogen and oxygen atoms in total. The van der Waals surface area contributed by atoms with Crippen LogP contribution in [0.5, 0.6) is 0 Å². The van der Waals surface area contributed by atoms with Crippen molar-refractivity contribution in [3.8, 4) is 11.5 Å². The number of aliphatic hydroxyl groups is 1. The van der Waals surface area contributed by atoms with E-state index in [9.17, 15) is 18.3 Å². The van der Waals surface area contributed by atoms with E-state index < -0.39 is 18.0 Å². The summed E-state index contributed by atoms with van der Waals surface area (Å²) in [6.45, 7) is 3.56. The fourth-order valence-electron chi connectivity index (χ4n) is 2.64. The van der Waals surface area contributed by atoms with Gasteiger partial charge >= 0.3 is 6.18 Å². The summed E-state index contributed by atoms with van der Waals surface area (Å²) in [4.78, 5) is 16.1. The Morgan fingerprint density at radius 3 is 2.50 bits per heavy atom. The largest absolute Gasteiger partial charge is 0.433 e. The summed E-state index contributed by atoms with van der Waals surface area (Å²) in [5.74, 6) is -0.103. The lowest BCUT2D eigenvalue weighted by Gasteiger charge is -2.13. The second-order valence-corrected chi connectivity index (χ2v) is 6.18. The third-order valence-electron chi connectivity index (χ3n) is 4.00. The fraction of sp³-hybridized carbons (Fsp3) is 0.263. The van der Waals surface area contributed by atoms with Gasteiger partial charge in [0.25, 0.3) is 0 Å². The molecule has 9 heteroatoms. The molecular formula is C19H18F3N5O. The van der Waals surface area contributed by atoms with E-state index in [2.05, 4.69) is 25.3 Å². The number of hydrogen-bond donors (Lipinski definition) is 2. The Morgan fingerprint density at radius 1 is 1.11 bits per heavy atom. The number of alkyl halides is 3. The van der Waals surface area contributed by atoms with E-state index in [1.54, 1.807) is 44.2 Å². The van der Waals surface area contributed by atoms with Crippen LogP contribution in [0.15, 0.2) is 42.6 Å². The van der Waals surface area contributed by atoms with Gasteiger partial charge in [-0.1, -0.05) is 12.1 Å². The summed E-state index contributed by atoms with van der Waals surface area (Å²) in [6, 6.07) is 9.14. The van der Waals surface area contributed by atoms with Crippen LogP contribution in [0.2, 0.25) is 0 Å². The molecule has 0 fully saturated rings. The van der Waals surface area contributed by atoms with Gasteiger partial charge in [-0.05, 0) is 32.0 Å². The minimum atomic E-state index is -4.61. The molecule has 0 aliphatic rings. The number of hydrogen-bond acceptors (Lipinski definition) is 6. The van der Waals surface area contributed by atoms with Gasteiger partial charge in [0.15, 0.2) is 11.5 Å². The lowest BCUT2D eigenvalue weighted by molar-refractivity contribution is -0.141. The zero-order valence-electron chi connectivity index (χ0n) is 15.2. The first kappa shape index (κ1) is 19.7. The number of aliphatic hydroxyl groups excluding tert-OH is 1. The van der Waals surface area contributed by atoms with Crippen molar-refractivity contribution in [2.45, 2.75) is 32.7 Å². The molecule has 0 amide bonds. The second-order valence-electron chi connectivity index (χ2n) is 6.18. The van der Waals surface area contributed by atoms with E-state index in [4.69, 9.17) is 0 Å². The number of nitrogens with zero attached hydrogens (tertiary/aromatic N) is 4. The molecule has 1 atom stereocenters. The molecule has 3 aromatic heterocycles. The van der Waals surface area contributed by atoms with Gasteiger partial charge in [0, 0.05) is 23.5 Å². The van der Waals surface area contributed by atoms with E-state index in [0.29, 0.717) is 17.0 Å². The van der Waals surface area contributed by atoms with Crippen molar-refractivity contribution in [2.75, 3.05) is 5.32 Å². The van der Waals surface area contributed by atoms with Crippen molar-refractivity contribution in [1.29, 1.82) is 0 Å². The molecule has 0 saturated heterocycles. The lowest BCUT2D eigenvalue weighted by Crippen LogP contribution is -2.13. The van der Waals surface area contributed by atoms with Gasteiger partial charge in [-0.15, -0.1) is 0 Å². The number of anilines is 1. The maximum atomic E-state index is 13.2. The summed E-state index contributed by atoms with van der Waals surface area (Å²) in [5, 5.41) is 12.5. The Balaban J connectivity index is 1.88. The first-order valence-corrected chi connectivity index (χ1v) is 8.50. The summed E-state index contributed by atoms with van der Waals surface area (Å²) < 4.78 is 39.7. The summed E-state index contributed by atoms with van der Waals surface area (Å²) >= 11 is 0. The molecule has 0 bridgehead atoms. The maximum absolute atomic E-state index is 13.2. The van der Waals surface area contributed by atoms with Crippen LogP contribution in [0.3, 0.4) is 0 Å². The number of aryl methyl sites for hydroxylation is 1. The highest BCUT2D eigenvalue weighted by molar-refractivity contribution is 5.53. The molecule has 3 aromatic rings. The third kappa shape index (κ3) is 4.61. The van der Waals surface area contributed by atoms with E-state index in [1.807, 2.05) is 0 Å². The Bertz CT molecular complexity index is 962. The summed E-state index contributed by atoms with van der Waals surface area (Å²) in [5.41, 5.74) is 1.14. The minimum absolute atomic E-state index is 0.0158. The lowest BCUT2D eigenvalue weighted by atomic mass is 10.1. The first-order chi connectivity index (χ1) is 13.2. The van der Waals surface area contributed by atoms with Gasteiger partial charge in [-0.3, -0.25) is 9.97 Å². The van der Waals surface area contributed by atoms with E-state index >= 15 is 0 Å². The minimum Gasteiger partial charge on any atom is -0.389 e. The quantitative estimate of drug-likeness (QED) is 0.688. The Hall–Kier alpha value is -3.07. The average molecular weight is 389 g/mol. The molecule has 0 unspecified atom stereocenters. The van der Waals surface area contributed by atoms with Crippen LogP contribution in [0.4, 0.5) is 19.0 Å². The normalized spacial score (nSPS) is 12.6. The average Bonchev–Trinajstić information content (AvgIpc) is 2.66. The van der Waals surface area contributed by atoms with Crippen molar-refractivity contribution in [1.82, 2.24) is 19.9 Å². The van der Waals surface area contributed by atoms with Crippen molar-refractivity contribution in [2.24, 2.45) is 0 Å². The van der Waals surface area contributed by atoms with Gasteiger partial charge < -0.3 is 10.4 Å². The number of halogens is 3. The molecule has 2 N–H and O–H groups in total. The third-order valence-corrected chi connectivity index (χ3v) is 4.00. The molecule has 3 rings (SSSR count). The van der Waals surface area contributed by atoms with Gasteiger partial charge in [0.1, 0.15) is 11.5 Å². The monoisotopic (exact) mass is 389 g/mol. The Labute approximate surface area is 159 Å². The highest BCUT2D eigenvalue weighted by atomic mass is 19.4. The van der Waals surface area contributed by atoms with Gasteiger partial charge in [-0.2, -0.15) is 13.2 Å². The van der Waals surface area contributed by atoms with Crippen molar-refractivity contribution < 1.29 is 18.3 Å². The van der Waals surface area contributed by atoms with E-state index in [-0.39, 0.29) is 23.9 Å². The topological polar surface area (TPSA) is 83.8 Å². The standard InChI is InChI=1S/C19H18F3N5O/c1-11-14(12(2)28)7-6-13(25-11)10-24-17-9-16(19(20,21)22)26-18(27-17)15-5-3-4-8-23-15/h3-9,12,28H,10H2,1-2H3,(H,24,26,27)/t12-/m0/s1. The second kappa shape index (κ2) is 7.89. The smallest absolute Gasteiger partial charge is 0.389 e. The maximum Gasteiger partial charge on any atom is 0.433 e. The summed E-state index contributed by atoms with van der Waals surface area (Å²) in [6.07, 6.45) is -3.80. The van der Waals surface area contributed by atoms with Crippen LogP contribution in [-0.4, -0.2) is 25.0 Å². The molecule has 0 aliphatic heterocycles. The number of pyridine rings is 2. The number of nitrogens with one attached hydrogen (secondary N) is 1. The van der Waals surface area contributed by atoms with Crippen LogP contribution < -0.4 is 5.32 Å². The Kier molecular flexibility index (Phi) is 5.55.